The van der Waals surface area contributed by atoms with Crippen molar-refractivity contribution in [1.82, 2.24) is 25.8 Å². The van der Waals surface area contributed by atoms with E-state index in [1.807, 2.05) is 24.4 Å². The Kier molecular flexibility index (Phi) is 8.19. The van der Waals surface area contributed by atoms with Crippen LogP contribution in [0.4, 0.5) is 0 Å². The van der Waals surface area contributed by atoms with Gasteiger partial charge in [-0.3, -0.25) is 9.88 Å². The zero-order valence-electron chi connectivity index (χ0n) is 18.2. The highest BCUT2D eigenvalue weighted by Gasteiger charge is 2.08. The number of fused-ring (bicyclic) bond motifs is 2. The van der Waals surface area contributed by atoms with Crippen LogP contribution in [0.3, 0.4) is 0 Å². The molecule has 0 saturated carbocycles. The van der Waals surface area contributed by atoms with Gasteiger partial charge in [-0.15, -0.1) is 0 Å². The second-order valence-electron chi connectivity index (χ2n) is 8.19. The number of hydrogen-bond acceptors (Lipinski definition) is 5. The lowest BCUT2D eigenvalue weighted by Gasteiger charge is -2.24. The summed E-state index contributed by atoms with van der Waals surface area (Å²) >= 11 is 0. The maximum Gasteiger partial charge on any atom is 0.0541 e. The molecule has 1 aliphatic rings. The molecule has 0 spiro atoms. The minimum absolute atomic E-state index is 0.792. The first kappa shape index (κ1) is 21.7. The van der Waals surface area contributed by atoms with E-state index in [1.165, 1.54) is 22.3 Å². The standard InChI is InChI=1S/C26H33N5/c1-2-11-30-26(6-1)20-29-17-22-7-9-23(10-8-22)21-31-14-12-27-18-24-4-3-5-25(16-24)19-28-13-15-31/h1-11,16,27-29H,12-15,17-21H2. The highest BCUT2D eigenvalue weighted by molar-refractivity contribution is 5.24. The van der Waals surface area contributed by atoms with Crippen LogP contribution in [0.5, 0.6) is 0 Å². The van der Waals surface area contributed by atoms with E-state index >= 15 is 0 Å². The Bertz CT molecular complexity index is 883. The molecule has 0 radical (unpaired) electrons. The van der Waals surface area contributed by atoms with Gasteiger partial charge in [-0.1, -0.05) is 54.6 Å². The minimum Gasteiger partial charge on any atom is -0.311 e. The topological polar surface area (TPSA) is 52.2 Å². The molecule has 3 N–H and O–H groups in total. The molecule has 0 atom stereocenters. The summed E-state index contributed by atoms with van der Waals surface area (Å²) in [6.45, 7) is 8.59. The summed E-state index contributed by atoms with van der Waals surface area (Å²) in [5.74, 6) is 0. The second kappa shape index (κ2) is 11.7. The molecule has 1 aliphatic heterocycles. The monoisotopic (exact) mass is 415 g/mol. The number of hydrogen-bond donors (Lipinski definition) is 3. The van der Waals surface area contributed by atoms with Crippen LogP contribution in [0.25, 0.3) is 0 Å². The van der Waals surface area contributed by atoms with Gasteiger partial charge < -0.3 is 16.0 Å². The van der Waals surface area contributed by atoms with E-state index in [1.54, 1.807) is 0 Å². The van der Waals surface area contributed by atoms with Crippen molar-refractivity contribution in [1.29, 1.82) is 0 Å². The molecule has 2 heterocycles. The Morgan fingerprint density at radius 3 is 2.16 bits per heavy atom. The molecule has 5 nitrogen and oxygen atoms in total. The molecular formula is C26H33N5. The fourth-order valence-electron chi connectivity index (χ4n) is 3.92. The van der Waals surface area contributed by atoms with E-state index in [4.69, 9.17) is 0 Å². The van der Waals surface area contributed by atoms with Crippen LogP contribution in [0, 0.1) is 0 Å². The van der Waals surface area contributed by atoms with Gasteiger partial charge in [0.05, 0.1) is 5.69 Å². The van der Waals surface area contributed by atoms with Crippen LogP contribution in [-0.4, -0.2) is 36.1 Å². The van der Waals surface area contributed by atoms with Crippen molar-refractivity contribution in [2.45, 2.75) is 32.7 Å². The maximum atomic E-state index is 4.36. The van der Waals surface area contributed by atoms with E-state index in [-0.39, 0.29) is 0 Å². The van der Waals surface area contributed by atoms with Crippen LogP contribution < -0.4 is 16.0 Å². The smallest absolute Gasteiger partial charge is 0.0541 e. The molecule has 1 aromatic heterocycles. The summed E-state index contributed by atoms with van der Waals surface area (Å²) < 4.78 is 0. The van der Waals surface area contributed by atoms with Crippen molar-refractivity contribution in [3.63, 3.8) is 0 Å². The minimum atomic E-state index is 0.792. The predicted molar refractivity (Wildman–Crippen MR) is 126 cm³/mol. The van der Waals surface area contributed by atoms with Crippen LogP contribution in [-0.2, 0) is 32.7 Å². The third kappa shape index (κ3) is 7.26. The summed E-state index contributed by atoms with van der Waals surface area (Å²) in [6.07, 6.45) is 1.84. The quantitative estimate of drug-likeness (QED) is 0.578. The van der Waals surface area contributed by atoms with Gasteiger partial charge in [-0.05, 0) is 34.4 Å². The zero-order valence-corrected chi connectivity index (χ0v) is 18.2. The molecular weight excluding hydrogens is 382 g/mol. The van der Waals surface area contributed by atoms with Gasteiger partial charge in [0.15, 0.2) is 0 Å². The molecule has 5 heteroatoms. The van der Waals surface area contributed by atoms with E-state index in [0.29, 0.717) is 0 Å². The maximum absolute atomic E-state index is 4.36. The zero-order chi connectivity index (χ0) is 21.1. The molecule has 31 heavy (non-hydrogen) atoms. The first-order valence-electron chi connectivity index (χ1n) is 11.3. The lowest BCUT2D eigenvalue weighted by molar-refractivity contribution is 0.263. The van der Waals surface area contributed by atoms with Crippen molar-refractivity contribution in [2.24, 2.45) is 0 Å². The van der Waals surface area contributed by atoms with Crippen molar-refractivity contribution < 1.29 is 0 Å². The molecule has 0 unspecified atom stereocenters. The fourth-order valence-corrected chi connectivity index (χ4v) is 3.92. The lowest BCUT2D eigenvalue weighted by Crippen LogP contribution is -2.36. The van der Waals surface area contributed by atoms with E-state index < -0.39 is 0 Å². The van der Waals surface area contributed by atoms with E-state index in [9.17, 15) is 0 Å². The molecule has 0 aliphatic carbocycles. The Balaban J connectivity index is 1.25. The number of pyridine rings is 1. The summed E-state index contributed by atoms with van der Waals surface area (Å²) in [4.78, 5) is 6.89. The van der Waals surface area contributed by atoms with Crippen LogP contribution in [0.2, 0.25) is 0 Å². The van der Waals surface area contributed by atoms with Gasteiger partial charge in [0.25, 0.3) is 0 Å². The largest absolute Gasteiger partial charge is 0.311 e. The fraction of sp³-hybridized carbons (Fsp3) is 0.346. The number of rotatable bonds is 6. The number of nitrogens with one attached hydrogen (secondary N) is 3. The van der Waals surface area contributed by atoms with Gasteiger partial charge in [-0.2, -0.15) is 0 Å². The molecule has 2 aromatic carbocycles. The first-order valence-corrected chi connectivity index (χ1v) is 11.3. The average Bonchev–Trinajstić information content (AvgIpc) is 2.81. The highest BCUT2D eigenvalue weighted by Crippen LogP contribution is 2.09. The van der Waals surface area contributed by atoms with Crippen LogP contribution >= 0.6 is 0 Å². The van der Waals surface area contributed by atoms with Gasteiger partial charge in [0.1, 0.15) is 0 Å². The average molecular weight is 416 g/mol. The number of aromatic nitrogens is 1. The van der Waals surface area contributed by atoms with Crippen molar-refractivity contribution in [2.75, 3.05) is 26.2 Å². The second-order valence-corrected chi connectivity index (χ2v) is 8.19. The van der Waals surface area contributed by atoms with Gasteiger partial charge >= 0.3 is 0 Å². The molecule has 3 aromatic rings. The van der Waals surface area contributed by atoms with E-state index in [0.717, 1.165) is 64.6 Å². The number of nitrogens with zero attached hydrogens (tertiary/aromatic N) is 2. The van der Waals surface area contributed by atoms with Crippen molar-refractivity contribution in [3.05, 3.63) is 101 Å². The van der Waals surface area contributed by atoms with E-state index in [2.05, 4.69) is 74.4 Å². The lowest BCUT2D eigenvalue weighted by atomic mass is 10.1. The third-order valence-electron chi connectivity index (χ3n) is 5.65. The van der Waals surface area contributed by atoms with Crippen LogP contribution in [0.15, 0.2) is 72.9 Å². The van der Waals surface area contributed by atoms with Crippen molar-refractivity contribution >= 4 is 0 Å². The summed E-state index contributed by atoms with van der Waals surface area (Å²) in [5.41, 5.74) is 6.46. The Morgan fingerprint density at radius 1 is 0.774 bits per heavy atom. The first-order chi connectivity index (χ1) is 15.3. The predicted octanol–water partition coefficient (Wildman–Crippen LogP) is 3.07. The summed E-state index contributed by atoms with van der Waals surface area (Å²) in [6, 6.07) is 23.9. The van der Waals surface area contributed by atoms with Crippen LogP contribution in [0.1, 0.15) is 27.9 Å². The Hall–Kier alpha value is -2.57. The SMILES string of the molecule is c1ccc(CNCc2ccc(CN3CCNCc4cccc(c4)CNCC3)cc2)nc1. The molecule has 0 saturated heterocycles. The Labute approximate surface area is 185 Å². The molecule has 2 bridgehead atoms. The molecule has 162 valence electrons. The molecule has 0 fully saturated rings. The third-order valence-corrected chi connectivity index (χ3v) is 5.65. The molecule has 0 amide bonds. The summed E-state index contributed by atoms with van der Waals surface area (Å²) in [5, 5.41) is 10.7. The van der Waals surface area contributed by atoms with Gasteiger partial charge in [0, 0.05) is 65.1 Å². The highest BCUT2D eigenvalue weighted by atomic mass is 15.1. The normalized spacial score (nSPS) is 15.7. The Morgan fingerprint density at radius 2 is 1.48 bits per heavy atom. The molecule has 4 rings (SSSR count). The van der Waals surface area contributed by atoms with Crippen molar-refractivity contribution in [3.8, 4) is 0 Å². The van der Waals surface area contributed by atoms with Gasteiger partial charge in [0.2, 0.25) is 0 Å². The number of benzene rings is 2. The summed E-state index contributed by atoms with van der Waals surface area (Å²) in [7, 11) is 0. The van der Waals surface area contributed by atoms with Gasteiger partial charge in [-0.25, -0.2) is 0 Å².